The maximum absolute atomic E-state index is 12.4. The maximum Gasteiger partial charge on any atom is 0.326 e. The normalized spacial score (nSPS) is 12.1. The highest BCUT2D eigenvalue weighted by atomic mass is 16.4. The number of rotatable bonds is 5. The predicted molar refractivity (Wildman–Crippen MR) is 77.4 cm³/mol. The summed E-state index contributed by atoms with van der Waals surface area (Å²) in [7, 11) is 0. The van der Waals surface area contributed by atoms with E-state index in [4.69, 9.17) is 10.8 Å². The summed E-state index contributed by atoms with van der Waals surface area (Å²) in [6.45, 7) is 3.52. The van der Waals surface area contributed by atoms with E-state index in [0.29, 0.717) is 11.3 Å². The number of hydrogen-bond acceptors (Lipinski definition) is 4. The molecule has 8 heteroatoms. The first-order chi connectivity index (χ1) is 10.3. The molecule has 0 aliphatic carbocycles. The number of amides is 2. The van der Waals surface area contributed by atoms with E-state index in [1.807, 2.05) is 13.0 Å². The van der Waals surface area contributed by atoms with Gasteiger partial charge in [-0.15, -0.1) is 0 Å². The quantitative estimate of drug-likeness (QED) is 0.717. The van der Waals surface area contributed by atoms with Crippen LogP contribution in [0.4, 0.5) is 0 Å². The van der Waals surface area contributed by atoms with Gasteiger partial charge in [0.2, 0.25) is 5.91 Å². The average Bonchev–Trinajstić information content (AvgIpc) is 2.75. The highest BCUT2D eigenvalue weighted by Crippen LogP contribution is 2.15. The van der Waals surface area contributed by atoms with Gasteiger partial charge < -0.3 is 16.2 Å². The number of nitrogens with two attached hydrogens (primary N) is 1. The van der Waals surface area contributed by atoms with E-state index in [2.05, 4.69) is 10.3 Å². The summed E-state index contributed by atoms with van der Waals surface area (Å²) >= 11 is 0. The molecule has 2 rings (SSSR count). The van der Waals surface area contributed by atoms with E-state index < -0.39 is 30.2 Å². The van der Waals surface area contributed by atoms with E-state index >= 15 is 0 Å². The third-order valence-electron chi connectivity index (χ3n) is 3.24. The lowest BCUT2D eigenvalue weighted by atomic mass is 10.2. The number of carboxylic acid groups (broad SMARTS) is 1. The summed E-state index contributed by atoms with van der Waals surface area (Å²) in [6.07, 6.45) is 1.19. The molecule has 0 aliphatic rings. The lowest BCUT2D eigenvalue weighted by Gasteiger charge is -2.13. The predicted octanol–water partition coefficient (Wildman–Crippen LogP) is 0.00954. The van der Waals surface area contributed by atoms with Crippen LogP contribution >= 0.6 is 0 Å². The van der Waals surface area contributed by atoms with Gasteiger partial charge in [-0.1, -0.05) is 6.07 Å². The molecule has 2 amide bonds. The molecule has 0 radical (unpaired) electrons. The van der Waals surface area contributed by atoms with Gasteiger partial charge >= 0.3 is 5.97 Å². The lowest BCUT2D eigenvalue weighted by molar-refractivity contribution is -0.140. The van der Waals surface area contributed by atoms with Crippen LogP contribution in [0.1, 0.15) is 28.2 Å². The standard InChI is InChI=1S/C14H16N4O4/c1-7-4-3-5-18-11(8(2)16-12(7)18)13(20)17-9(14(21)22)6-10(15)19/h3-5,9H,6H2,1-2H3,(H2,15,19)(H,17,20)(H,21,22). The molecular formula is C14H16N4O4. The van der Waals surface area contributed by atoms with Crippen LogP contribution in [0.15, 0.2) is 18.3 Å². The number of nitrogens with zero attached hydrogens (tertiary/aromatic N) is 2. The molecule has 8 nitrogen and oxygen atoms in total. The molecule has 2 aromatic rings. The number of pyridine rings is 1. The summed E-state index contributed by atoms with van der Waals surface area (Å²) in [4.78, 5) is 38.7. The van der Waals surface area contributed by atoms with Crippen molar-refractivity contribution in [2.45, 2.75) is 26.3 Å². The third kappa shape index (κ3) is 2.90. The van der Waals surface area contributed by atoms with Crippen molar-refractivity contribution in [1.29, 1.82) is 0 Å². The Morgan fingerprint density at radius 2 is 2.09 bits per heavy atom. The summed E-state index contributed by atoms with van der Waals surface area (Å²) in [5, 5.41) is 11.4. The van der Waals surface area contributed by atoms with Crippen molar-refractivity contribution in [1.82, 2.24) is 14.7 Å². The van der Waals surface area contributed by atoms with Crippen LogP contribution in [0.5, 0.6) is 0 Å². The fourth-order valence-corrected chi connectivity index (χ4v) is 2.22. The van der Waals surface area contributed by atoms with Gasteiger partial charge in [0.15, 0.2) is 0 Å². The molecule has 2 heterocycles. The van der Waals surface area contributed by atoms with Gasteiger partial charge in [0.1, 0.15) is 17.4 Å². The third-order valence-corrected chi connectivity index (χ3v) is 3.24. The number of aliphatic carboxylic acids is 1. The Bertz CT molecular complexity index is 766. The Labute approximate surface area is 125 Å². The number of nitrogens with one attached hydrogen (secondary N) is 1. The fraction of sp³-hybridized carbons (Fsp3) is 0.286. The number of carbonyl (C=O) groups is 3. The largest absolute Gasteiger partial charge is 0.480 e. The zero-order valence-corrected chi connectivity index (χ0v) is 12.2. The summed E-state index contributed by atoms with van der Waals surface area (Å²) < 4.78 is 1.59. The number of aryl methyl sites for hydroxylation is 2. The summed E-state index contributed by atoms with van der Waals surface area (Å²) in [5.41, 5.74) is 7.20. The van der Waals surface area contributed by atoms with Crippen molar-refractivity contribution in [2.75, 3.05) is 0 Å². The minimum absolute atomic E-state index is 0.231. The Morgan fingerprint density at radius 3 is 2.68 bits per heavy atom. The second-order valence-electron chi connectivity index (χ2n) is 4.97. The number of fused-ring (bicyclic) bond motifs is 1. The maximum atomic E-state index is 12.4. The lowest BCUT2D eigenvalue weighted by Crippen LogP contribution is -2.43. The molecule has 2 aromatic heterocycles. The smallest absolute Gasteiger partial charge is 0.326 e. The zero-order valence-electron chi connectivity index (χ0n) is 12.2. The van der Waals surface area contributed by atoms with Crippen LogP contribution in [-0.2, 0) is 9.59 Å². The van der Waals surface area contributed by atoms with Crippen molar-refractivity contribution in [2.24, 2.45) is 5.73 Å². The number of primary amides is 1. The highest BCUT2D eigenvalue weighted by Gasteiger charge is 2.25. The molecule has 4 N–H and O–H groups in total. The van der Waals surface area contributed by atoms with Gasteiger partial charge in [0, 0.05) is 6.20 Å². The van der Waals surface area contributed by atoms with E-state index in [1.54, 1.807) is 23.6 Å². The Morgan fingerprint density at radius 1 is 1.41 bits per heavy atom. The molecule has 0 saturated carbocycles. The van der Waals surface area contributed by atoms with Crippen molar-refractivity contribution in [3.8, 4) is 0 Å². The number of aromatic nitrogens is 2. The van der Waals surface area contributed by atoms with Gasteiger partial charge in [-0.2, -0.15) is 0 Å². The van der Waals surface area contributed by atoms with E-state index in [0.717, 1.165) is 5.56 Å². The van der Waals surface area contributed by atoms with Crippen LogP contribution in [0, 0.1) is 13.8 Å². The van der Waals surface area contributed by atoms with Gasteiger partial charge in [0.25, 0.3) is 5.91 Å². The summed E-state index contributed by atoms with van der Waals surface area (Å²) in [6, 6.07) is 2.24. The molecule has 0 aliphatic heterocycles. The first-order valence-corrected chi connectivity index (χ1v) is 6.57. The average molecular weight is 304 g/mol. The monoisotopic (exact) mass is 304 g/mol. The van der Waals surface area contributed by atoms with Crippen molar-refractivity contribution in [3.63, 3.8) is 0 Å². The van der Waals surface area contributed by atoms with Crippen molar-refractivity contribution in [3.05, 3.63) is 35.3 Å². The van der Waals surface area contributed by atoms with Gasteiger partial charge in [0.05, 0.1) is 12.1 Å². The van der Waals surface area contributed by atoms with Gasteiger partial charge in [-0.3, -0.25) is 14.0 Å². The van der Waals surface area contributed by atoms with Crippen LogP contribution in [0.2, 0.25) is 0 Å². The van der Waals surface area contributed by atoms with Crippen molar-refractivity contribution >= 4 is 23.4 Å². The number of hydrogen-bond donors (Lipinski definition) is 3. The number of carbonyl (C=O) groups excluding carboxylic acids is 2. The Kier molecular flexibility index (Phi) is 4.11. The van der Waals surface area contributed by atoms with E-state index in [-0.39, 0.29) is 5.69 Å². The Balaban J connectivity index is 2.37. The molecular weight excluding hydrogens is 288 g/mol. The van der Waals surface area contributed by atoms with Crippen LogP contribution in [0.25, 0.3) is 5.65 Å². The van der Waals surface area contributed by atoms with Crippen LogP contribution < -0.4 is 11.1 Å². The van der Waals surface area contributed by atoms with Gasteiger partial charge in [-0.25, -0.2) is 9.78 Å². The molecule has 1 unspecified atom stereocenters. The van der Waals surface area contributed by atoms with Crippen LogP contribution in [-0.4, -0.2) is 38.3 Å². The van der Waals surface area contributed by atoms with Crippen LogP contribution in [0.3, 0.4) is 0 Å². The fourth-order valence-electron chi connectivity index (χ4n) is 2.22. The molecule has 0 fully saturated rings. The first kappa shape index (κ1) is 15.5. The molecule has 116 valence electrons. The molecule has 0 saturated heterocycles. The number of carboxylic acids is 1. The molecule has 0 aromatic carbocycles. The first-order valence-electron chi connectivity index (χ1n) is 6.57. The minimum Gasteiger partial charge on any atom is -0.480 e. The van der Waals surface area contributed by atoms with Crippen molar-refractivity contribution < 1.29 is 19.5 Å². The molecule has 0 spiro atoms. The zero-order chi connectivity index (χ0) is 16.4. The highest BCUT2D eigenvalue weighted by molar-refractivity contribution is 5.98. The molecule has 22 heavy (non-hydrogen) atoms. The topological polar surface area (TPSA) is 127 Å². The van der Waals surface area contributed by atoms with E-state index in [1.165, 1.54) is 0 Å². The Hall–Kier alpha value is -2.90. The molecule has 0 bridgehead atoms. The minimum atomic E-state index is -1.38. The second-order valence-corrected chi connectivity index (χ2v) is 4.97. The SMILES string of the molecule is Cc1nc2c(C)cccn2c1C(=O)NC(CC(N)=O)C(=O)O. The summed E-state index contributed by atoms with van der Waals surface area (Å²) in [5.74, 6) is -2.75. The van der Waals surface area contributed by atoms with Gasteiger partial charge in [-0.05, 0) is 25.5 Å². The number of imidazole rings is 1. The second kappa shape index (κ2) is 5.84. The molecule has 1 atom stereocenters. The van der Waals surface area contributed by atoms with E-state index in [9.17, 15) is 14.4 Å².